The van der Waals surface area contributed by atoms with E-state index in [-0.39, 0.29) is 11.6 Å². The van der Waals surface area contributed by atoms with Gasteiger partial charge in [-0.3, -0.25) is 0 Å². The molecule has 1 unspecified atom stereocenters. The van der Waals surface area contributed by atoms with Crippen LogP contribution in [0.25, 0.3) is 0 Å². The summed E-state index contributed by atoms with van der Waals surface area (Å²) in [6, 6.07) is 5.05. The number of nitrogens with one attached hydrogen (secondary N) is 1. The van der Waals surface area contributed by atoms with Crippen molar-refractivity contribution in [2.45, 2.75) is 57.3 Å². The summed E-state index contributed by atoms with van der Waals surface area (Å²) in [5.41, 5.74) is 0.163. The first-order valence-electron chi connectivity index (χ1n) is 12.0. The van der Waals surface area contributed by atoms with Gasteiger partial charge in [0.2, 0.25) is 5.95 Å². The number of hydrogen-bond donors (Lipinski definition) is 1. The molecule has 11 heteroatoms. The number of nitrogens with zero attached hydrogens (tertiary/aromatic N) is 5. The Morgan fingerprint density at radius 3 is 2.54 bits per heavy atom. The molecule has 3 aliphatic rings. The normalized spacial score (nSPS) is 26.1. The van der Waals surface area contributed by atoms with Gasteiger partial charge in [0.25, 0.3) is 0 Å². The molecule has 1 aliphatic carbocycles. The molecule has 4 atom stereocenters. The zero-order chi connectivity index (χ0) is 24.3. The molecule has 1 N–H and O–H groups in total. The molecule has 2 aromatic heterocycles. The van der Waals surface area contributed by atoms with Crippen LogP contribution in [0.4, 0.5) is 28.5 Å². The maximum absolute atomic E-state index is 14.0. The van der Waals surface area contributed by atoms with Crippen molar-refractivity contribution in [3.63, 3.8) is 0 Å². The molecule has 0 amide bonds. The SMILES string of the molecule is Cc1cc(N2C[C@H]3CC[C@@H](C2)[C@@H]3Nc2nc3n(n2)CCCC3c2cc(F)ccc2C(F)(F)F)sn1. The van der Waals surface area contributed by atoms with Gasteiger partial charge in [-0.25, -0.2) is 9.07 Å². The molecule has 2 aliphatic heterocycles. The van der Waals surface area contributed by atoms with E-state index in [0.29, 0.717) is 43.0 Å². The second-order valence-electron chi connectivity index (χ2n) is 9.92. The number of piperidine rings is 1. The maximum atomic E-state index is 14.0. The molecule has 6 nitrogen and oxygen atoms in total. The summed E-state index contributed by atoms with van der Waals surface area (Å²) in [5, 5.41) is 9.34. The van der Waals surface area contributed by atoms with Crippen LogP contribution in [0.5, 0.6) is 0 Å². The van der Waals surface area contributed by atoms with Gasteiger partial charge >= 0.3 is 6.18 Å². The van der Waals surface area contributed by atoms with Gasteiger partial charge < -0.3 is 10.2 Å². The van der Waals surface area contributed by atoms with Gasteiger partial charge in [0.15, 0.2) is 0 Å². The lowest BCUT2D eigenvalue weighted by Crippen LogP contribution is -2.48. The van der Waals surface area contributed by atoms with Gasteiger partial charge in [-0.05, 0) is 85.8 Å². The predicted octanol–water partition coefficient (Wildman–Crippen LogP) is 5.45. The number of fused-ring (bicyclic) bond motifs is 3. The second kappa shape index (κ2) is 8.46. The third-order valence-electron chi connectivity index (χ3n) is 7.63. The molecule has 0 radical (unpaired) electrons. The number of rotatable bonds is 4. The lowest BCUT2D eigenvalue weighted by Gasteiger charge is -2.38. The third-order valence-corrected chi connectivity index (χ3v) is 8.57. The first-order valence-corrected chi connectivity index (χ1v) is 12.8. The predicted molar refractivity (Wildman–Crippen MR) is 125 cm³/mol. The van der Waals surface area contributed by atoms with Crippen molar-refractivity contribution in [1.29, 1.82) is 0 Å². The molecular weight excluding hydrogens is 480 g/mol. The lowest BCUT2D eigenvalue weighted by molar-refractivity contribution is -0.138. The number of hydrogen-bond acceptors (Lipinski definition) is 6. The molecular formula is C24H26F4N6S. The van der Waals surface area contributed by atoms with Crippen molar-refractivity contribution in [2.24, 2.45) is 11.8 Å². The summed E-state index contributed by atoms with van der Waals surface area (Å²) in [6.45, 7) is 4.46. The Bertz CT molecular complexity index is 1220. The highest BCUT2D eigenvalue weighted by Crippen LogP contribution is 2.43. The van der Waals surface area contributed by atoms with E-state index in [2.05, 4.69) is 30.7 Å². The van der Waals surface area contributed by atoms with E-state index in [0.717, 1.165) is 49.8 Å². The van der Waals surface area contributed by atoms with Crippen molar-refractivity contribution in [3.05, 3.63) is 52.7 Å². The molecule has 4 heterocycles. The largest absolute Gasteiger partial charge is 0.416 e. The van der Waals surface area contributed by atoms with Gasteiger partial charge in [0.05, 0.1) is 11.3 Å². The minimum atomic E-state index is -4.56. The molecule has 1 saturated carbocycles. The molecule has 0 spiro atoms. The fourth-order valence-electron chi connectivity index (χ4n) is 6.07. The second-order valence-corrected chi connectivity index (χ2v) is 10.7. The van der Waals surface area contributed by atoms with Crippen molar-refractivity contribution < 1.29 is 17.6 Å². The van der Waals surface area contributed by atoms with Gasteiger partial charge in [0.1, 0.15) is 16.6 Å². The topological polar surface area (TPSA) is 58.9 Å². The van der Waals surface area contributed by atoms with Crippen LogP contribution in [-0.2, 0) is 12.7 Å². The fourth-order valence-corrected chi connectivity index (χ4v) is 6.85. The Morgan fingerprint density at radius 1 is 1.09 bits per heavy atom. The number of benzene rings is 1. The molecule has 1 saturated heterocycles. The summed E-state index contributed by atoms with van der Waals surface area (Å²) in [4.78, 5) is 7.07. The van der Waals surface area contributed by atoms with Crippen LogP contribution >= 0.6 is 11.5 Å². The zero-order valence-electron chi connectivity index (χ0n) is 19.2. The Balaban J connectivity index is 1.25. The standard InChI is InChI=1S/C24H26F4N6S/c1-13-9-20(35-32-13)33-11-14-4-5-15(12-33)21(14)29-23-30-22-17(3-2-8-34(22)31-23)18-10-16(25)6-7-19(18)24(26,27)28/h6-7,9-10,14-15,17,21H,2-5,8,11-12H2,1H3,(H,29,31)/t14-,15+,17?,21-. The van der Waals surface area contributed by atoms with Crippen LogP contribution in [0.15, 0.2) is 24.3 Å². The van der Waals surface area contributed by atoms with E-state index >= 15 is 0 Å². The molecule has 35 heavy (non-hydrogen) atoms. The van der Waals surface area contributed by atoms with E-state index < -0.39 is 23.5 Å². The number of halogens is 4. The quantitative estimate of drug-likeness (QED) is 0.477. The van der Waals surface area contributed by atoms with Crippen molar-refractivity contribution in [2.75, 3.05) is 23.3 Å². The molecule has 1 aromatic carbocycles. The first-order chi connectivity index (χ1) is 16.8. The molecule has 3 aromatic rings. The Kier molecular flexibility index (Phi) is 5.50. The summed E-state index contributed by atoms with van der Waals surface area (Å²) < 4.78 is 61.2. The van der Waals surface area contributed by atoms with E-state index in [9.17, 15) is 17.6 Å². The van der Waals surface area contributed by atoms with Gasteiger partial charge in [-0.15, -0.1) is 5.10 Å². The van der Waals surface area contributed by atoms with Crippen LogP contribution in [0.3, 0.4) is 0 Å². The van der Waals surface area contributed by atoms with Crippen molar-refractivity contribution >= 4 is 22.5 Å². The van der Waals surface area contributed by atoms with Crippen LogP contribution in [0.1, 0.15) is 54.2 Å². The molecule has 6 rings (SSSR count). The Labute approximate surface area is 204 Å². The van der Waals surface area contributed by atoms with Gasteiger partial charge in [-0.1, -0.05) is 0 Å². The Morgan fingerprint density at radius 2 is 1.86 bits per heavy atom. The maximum Gasteiger partial charge on any atom is 0.416 e. The average Bonchev–Trinajstić information content (AvgIpc) is 3.48. The van der Waals surface area contributed by atoms with Gasteiger partial charge in [0, 0.05) is 31.6 Å². The highest BCUT2D eigenvalue weighted by Gasteiger charge is 2.43. The first kappa shape index (κ1) is 22.8. The van der Waals surface area contributed by atoms with Gasteiger partial charge in [-0.2, -0.15) is 22.5 Å². The van der Waals surface area contributed by atoms with E-state index in [1.54, 1.807) is 4.68 Å². The summed E-state index contributed by atoms with van der Waals surface area (Å²) >= 11 is 1.53. The van der Waals surface area contributed by atoms with E-state index in [1.807, 2.05) is 6.92 Å². The zero-order valence-corrected chi connectivity index (χ0v) is 20.0. The number of aromatic nitrogens is 4. The minimum Gasteiger partial charge on any atom is -0.361 e. The highest BCUT2D eigenvalue weighted by atomic mass is 32.1. The third kappa shape index (κ3) is 4.17. The summed E-state index contributed by atoms with van der Waals surface area (Å²) in [6.07, 6.45) is -1.19. The fraction of sp³-hybridized carbons (Fsp3) is 0.542. The smallest absolute Gasteiger partial charge is 0.361 e. The van der Waals surface area contributed by atoms with E-state index in [1.165, 1.54) is 16.5 Å². The van der Waals surface area contributed by atoms with Crippen LogP contribution < -0.4 is 10.2 Å². The van der Waals surface area contributed by atoms with Crippen molar-refractivity contribution in [3.8, 4) is 0 Å². The number of alkyl halides is 3. The van der Waals surface area contributed by atoms with Crippen molar-refractivity contribution in [1.82, 2.24) is 19.1 Å². The average molecular weight is 507 g/mol. The summed E-state index contributed by atoms with van der Waals surface area (Å²) in [5.74, 6) is 0.482. The number of anilines is 2. The lowest BCUT2D eigenvalue weighted by atomic mass is 9.87. The monoisotopic (exact) mass is 506 g/mol. The van der Waals surface area contributed by atoms with Crippen LogP contribution in [-0.4, -0.2) is 38.3 Å². The highest BCUT2D eigenvalue weighted by molar-refractivity contribution is 7.10. The van der Waals surface area contributed by atoms with E-state index in [4.69, 9.17) is 0 Å². The minimum absolute atomic E-state index is 0.0642. The van der Waals surface area contributed by atoms with Crippen LogP contribution in [0.2, 0.25) is 0 Å². The summed E-state index contributed by atoms with van der Waals surface area (Å²) in [7, 11) is 0. The van der Waals surface area contributed by atoms with Crippen LogP contribution in [0, 0.1) is 24.6 Å². The number of aryl methyl sites for hydroxylation is 2. The Hall–Kier alpha value is -2.69. The molecule has 2 bridgehead atoms. The molecule has 186 valence electrons. The molecule has 2 fully saturated rings.